The van der Waals surface area contributed by atoms with Crippen LogP contribution >= 0.6 is 11.8 Å². The molecule has 0 bridgehead atoms. The molecule has 0 amide bonds. The van der Waals surface area contributed by atoms with Crippen LogP contribution in [-0.4, -0.2) is 26.3 Å². The molecule has 0 aromatic carbocycles. The molecule has 18 heavy (non-hydrogen) atoms. The Kier molecular flexibility index (Phi) is 5.23. The van der Waals surface area contributed by atoms with E-state index in [0.717, 1.165) is 36.1 Å². The molecule has 1 aromatic rings. The third kappa shape index (κ3) is 3.57. The quantitative estimate of drug-likeness (QED) is 0.587. The van der Waals surface area contributed by atoms with Crippen LogP contribution in [0.5, 0.6) is 0 Å². The topological polar surface area (TPSA) is 47.8 Å². The number of aromatic nitrogens is 3. The van der Waals surface area contributed by atoms with Gasteiger partial charge < -0.3 is 4.57 Å². The number of ketones is 1. The summed E-state index contributed by atoms with van der Waals surface area (Å²) in [6.45, 7) is 2.98. The minimum absolute atomic E-state index is 0.357. The second kappa shape index (κ2) is 6.92. The maximum Gasteiger partial charge on any atom is 0.191 e. The van der Waals surface area contributed by atoms with Crippen molar-refractivity contribution in [2.24, 2.45) is 0 Å². The van der Waals surface area contributed by atoms with Crippen LogP contribution < -0.4 is 0 Å². The highest BCUT2D eigenvalue weighted by Crippen LogP contribution is 2.22. The second-order valence-corrected chi connectivity index (χ2v) is 5.77. The summed E-state index contributed by atoms with van der Waals surface area (Å²) in [6, 6.07) is 0. The van der Waals surface area contributed by atoms with Gasteiger partial charge in [0.15, 0.2) is 5.16 Å². The predicted molar refractivity (Wildman–Crippen MR) is 72.8 cm³/mol. The zero-order valence-electron chi connectivity index (χ0n) is 11.0. The second-order valence-electron chi connectivity index (χ2n) is 4.71. The number of hydrogen-bond acceptors (Lipinski definition) is 4. The molecule has 2 heterocycles. The molecule has 1 aromatic heterocycles. The lowest BCUT2D eigenvalue weighted by Crippen LogP contribution is -2.03. The lowest BCUT2D eigenvalue weighted by molar-refractivity contribution is -0.118. The zero-order chi connectivity index (χ0) is 12.8. The van der Waals surface area contributed by atoms with Crippen LogP contribution in [0.4, 0.5) is 0 Å². The van der Waals surface area contributed by atoms with Crippen LogP contribution in [0.3, 0.4) is 0 Å². The van der Waals surface area contributed by atoms with Crippen molar-refractivity contribution in [1.82, 2.24) is 14.8 Å². The molecule has 0 saturated carbocycles. The normalized spacial score (nSPS) is 15.2. The van der Waals surface area contributed by atoms with E-state index in [4.69, 9.17) is 0 Å². The van der Waals surface area contributed by atoms with Crippen molar-refractivity contribution in [3.63, 3.8) is 0 Å². The van der Waals surface area contributed by atoms with Crippen LogP contribution in [0.25, 0.3) is 0 Å². The van der Waals surface area contributed by atoms with Crippen LogP contribution in [0, 0.1) is 0 Å². The maximum atomic E-state index is 11.2. The Balaban J connectivity index is 1.82. The van der Waals surface area contributed by atoms with Crippen LogP contribution in [-0.2, 0) is 17.8 Å². The summed E-state index contributed by atoms with van der Waals surface area (Å²) in [5.41, 5.74) is 0. The zero-order valence-corrected chi connectivity index (χ0v) is 11.8. The molecule has 5 heteroatoms. The molecular formula is C13H21N3OS. The minimum atomic E-state index is 0.357. The molecule has 100 valence electrons. The molecule has 2 rings (SSSR count). The van der Waals surface area contributed by atoms with Crippen molar-refractivity contribution >= 4 is 17.5 Å². The molecule has 0 spiro atoms. The summed E-state index contributed by atoms with van der Waals surface area (Å²) in [4.78, 5) is 11.2. The van der Waals surface area contributed by atoms with Gasteiger partial charge in [0.05, 0.1) is 0 Å². The smallest absolute Gasteiger partial charge is 0.191 e. The molecule has 0 fully saturated rings. The number of rotatable bonds is 6. The molecule has 0 unspecified atom stereocenters. The first-order valence-electron chi connectivity index (χ1n) is 6.88. The number of hydrogen-bond donors (Lipinski definition) is 0. The third-order valence-corrected chi connectivity index (χ3v) is 4.35. The standard InChI is InChI=1S/C13H21N3OS/c1-2-11(17)7-6-10-18-13-15-14-12-8-4-3-5-9-16(12)13/h2-10H2,1H3. The fourth-order valence-electron chi connectivity index (χ4n) is 2.17. The molecule has 4 nitrogen and oxygen atoms in total. The van der Waals surface area contributed by atoms with Gasteiger partial charge in [-0.05, 0) is 19.3 Å². The van der Waals surface area contributed by atoms with Crippen molar-refractivity contribution in [3.05, 3.63) is 5.82 Å². The molecule has 0 N–H and O–H groups in total. The van der Waals surface area contributed by atoms with Gasteiger partial charge >= 0.3 is 0 Å². The number of carbonyl (C=O) groups is 1. The van der Waals surface area contributed by atoms with Crippen molar-refractivity contribution in [2.45, 2.75) is 63.6 Å². The third-order valence-electron chi connectivity index (χ3n) is 3.30. The Hall–Kier alpha value is -0.840. The predicted octanol–water partition coefficient (Wildman–Crippen LogP) is 2.86. The van der Waals surface area contributed by atoms with Gasteiger partial charge in [-0.1, -0.05) is 25.1 Å². The Labute approximate surface area is 113 Å². The largest absolute Gasteiger partial charge is 0.306 e. The fourth-order valence-corrected chi connectivity index (χ4v) is 3.10. The van der Waals surface area contributed by atoms with Crippen molar-refractivity contribution in [3.8, 4) is 0 Å². The van der Waals surface area contributed by atoms with Crippen molar-refractivity contribution < 1.29 is 4.79 Å². The highest BCUT2D eigenvalue weighted by molar-refractivity contribution is 7.99. The van der Waals surface area contributed by atoms with Crippen LogP contribution in [0.1, 0.15) is 51.3 Å². The molecule has 0 atom stereocenters. The van der Waals surface area contributed by atoms with E-state index in [1.165, 1.54) is 19.3 Å². The molecule has 0 saturated heterocycles. The lowest BCUT2D eigenvalue weighted by Gasteiger charge is -2.05. The van der Waals surface area contributed by atoms with E-state index in [0.29, 0.717) is 18.6 Å². The Morgan fingerprint density at radius 1 is 1.33 bits per heavy atom. The van der Waals surface area contributed by atoms with E-state index in [2.05, 4.69) is 14.8 Å². The summed E-state index contributed by atoms with van der Waals surface area (Å²) >= 11 is 1.74. The number of aryl methyl sites for hydroxylation is 1. The van der Waals surface area contributed by atoms with E-state index >= 15 is 0 Å². The van der Waals surface area contributed by atoms with E-state index in [9.17, 15) is 4.79 Å². The van der Waals surface area contributed by atoms with Gasteiger partial charge in [-0.2, -0.15) is 0 Å². The van der Waals surface area contributed by atoms with Crippen molar-refractivity contribution in [2.75, 3.05) is 5.75 Å². The number of carbonyl (C=O) groups excluding carboxylic acids is 1. The Morgan fingerprint density at radius 3 is 3.06 bits per heavy atom. The number of fused-ring (bicyclic) bond motifs is 1. The highest BCUT2D eigenvalue weighted by atomic mass is 32.2. The molecule has 1 aliphatic rings. The maximum absolute atomic E-state index is 11.2. The average molecular weight is 267 g/mol. The van der Waals surface area contributed by atoms with E-state index < -0.39 is 0 Å². The first-order chi connectivity index (χ1) is 8.81. The number of Topliss-reactive ketones (excluding diaryl/α,β-unsaturated/α-hetero) is 1. The number of thioether (sulfide) groups is 1. The fraction of sp³-hybridized carbons (Fsp3) is 0.769. The summed E-state index contributed by atoms with van der Waals surface area (Å²) in [5, 5.41) is 9.58. The molecular weight excluding hydrogens is 246 g/mol. The van der Waals surface area contributed by atoms with Crippen LogP contribution in [0.15, 0.2) is 5.16 Å². The van der Waals surface area contributed by atoms with E-state index in [1.54, 1.807) is 11.8 Å². The summed E-state index contributed by atoms with van der Waals surface area (Å²) in [5.74, 6) is 2.46. The van der Waals surface area contributed by atoms with Gasteiger partial charge in [0, 0.05) is 31.6 Å². The molecule has 0 aliphatic carbocycles. The highest BCUT2D eigenvalue weighted by Gasteiger charge is 2.14. The van der Waals surface area contributed by atoms with Gasteiger partial charge in [0.25, 0.3) is 0 Å². The summed E-state index contributed by atoms with van der Waals surface area (Å²) in [6.07, 6.45) is 7.11. The SMILES string of the molecule is CCC(=O)CCCSc1nnc2n1CCCCC2. The van der Waals surface area contributed by atoms with Gasteiger partial charge in [0.2, 0.25) is 0 Å². The first kappa shape index (κ1) is 13.6. The van der Waals surface area contributed by atoms with Gasteiger partial charge in [-0.3, -0.25) is 4.79 Å². The van der Waals surface area contributed by atoms with Crippen LogP contribution in [0.2, 0.25) is 0 Å². The van der Waals surface area contributed by atoms with E-state index in [-0.39, 0.29) is 0 Å². The molecule has 0 radical (unpaired) electrons. The van der Waals surface area contributed by atoms with E-state index in [1.807, 2.05) is 6.92 Å². The van der Waals surface area contributed by atoms with Gasteiger partial charge in [-0.25, -0.2) is 0 Å². The summed E-state index contributed by atoms with van der Waals surface area (Å²) in [7, 11) is 0. The Bertz CT molecular complexity index is 403. The average Bonchev–Trinajstić information content (AvgIpc) is 2.62. The van der Waals surface area contributed by atoms with Crippen molar-refractivity contribution in [1.29, 1.82) is 0 Å². The summed E-state index contributed by atoms with van der Waals surface area (Å²) < 4.78 is 2.26. The van der Waals surface area contributed by atoms with Gasteiger partial charge in [0.1, 0.15) is 11.6 Å². The Morgan fingerprint density at radius 2 is 2.22 bits per heavy atom. The minimum Gasteiger partial charge on any atom is -0.306 e. The van der Waals surface area contributed by atoms with Gasteiger partial charge in [-0.15, -0.1) is 10.2 Å². The molecule has 1 aliphatic heterocycles. The monoisotopic (exact) mass is 267 g/mol. The first-order valence-corrected chi connectivity index (χ1v) is 7.86. The lowest BCUT2D eigenvalue weighted by atomic mass is 10.2. The number of nitrogens with zero attached hydrogens (tertiary/aromatic N) is 3.